The van der Waals surface area contributed by atoms with E-state index >= 15 is 0 Å². The van der Waals surface area contributed by atoms with Crippen molar-refractivity contribution in [2.24, 2.45) is 0 Å². The first kappa shape index (κ1) is 10.6. The standard InChI is InChI=1S/C10H9N3O2S/c1-6-3-2-4-7(8(6)14)9(15)12-10-13-11-5-16-10/h2-5,14H,1H3,(H,12,13,15). The van der Waals surface area contributed by atoms with E-state index in [2.05, 4.69) is 15.5 Å². The molecule has 0 aliphatic rings. The van der Waals surface area contributed by atoms with Gasteiger partial charge in [0, 0.05) is 0 Å². The molecule has 1 aromatic carbocycles. The van der Waals surface area contributed by atoms with Gasteiger partial charge < -0.3 is 5.11 Å². The molecule has 2 rings (SSSR count). The number of carbonyl (C=O) groups is 1. The number of phenols is 1. The Kier molecular flexibility index (Phi) is 2.82. The summed E-state index contributed by atoms with van der Waals surface area (Å²) in [4.78, 5) is 11.8. The summed E-state index contributed by atoms with van der Waals surface area (Å²) in [6.07, 6.45) is 0. The molecule has 6 heteroatoms. The predicted octanol–water partition coefficient (Wildman–Crippen LogP) is 1.80. The average molecular weight is 235 g/mol. The van der Waals surface area contributed by atoms with Crippen LogP contribution in [0.2, 0.25) is 0 Å². The van der Waals surface area contributed by atoms with Crippen LogP contribution in [0.15, 0.2) is 23.7 Å². The summed E-state index contributed by atoms with van der Waals surface area (Å²) >= 11 is 1.22. The molecule has 1 amide bonds. The highest BCUT2D eigenvalue weighted by molar-refractivity contribution is 7.13. The van der Waals surface area contributed by atoms with Gasteiger partial charge in [0.25, 0.3) is 5.91 Å². The highest BCUT2D eigenvalue weighted by Gasteiger charge is 2.13. The molecule has 0 aliphatic carbocycles. The quantitative estimate of drug-likeness (QED) is 0.832. The molecule has 0 spiro atoms. The normalized spacial score (nSPS) is 10.1. The Bertz CT molecular complexity index is 511. The number of hydrogen-bond donors (Lipinski definition) is 2. The fraction of sp³-hybridized carbons (Fsp3) is 0.100. The van der Waals surface area contributed by atoms with Crippen molar-refractivity contribution in [1.29, 1.82) is 0 Å². The molecule has 82 valence electrons. The van der Waals surface area contributed by atoms with Crippen molar-refractivity contribution in [1.82, 2.24) is 10.2 Å². The molecule has 0 unspecified atom stereocenters. The summed E-state index contributed by atoms with van der Waals surface area (Å²) in [6, 6.07) is 5.00. The van der Waals surface area contributed by atoms with E-state index in [9.17, 15) is 9.90 Å². The predicted molar refractivity (Wildman–Crippen MR) is 60.7 cm³/mol. The second-order valence-corrected chi connectivity index (χ2v) is 4.00. The lowest BCUT2D eigenvalue weighted by Crippen LogP contribution is -2.12. The molecule has 5 nitrogen and oxygen atoms in total. The molecule has 16 heavy (non-hydrogen) atoms. The molecule has 0 saturated heterocycles. The van der Waals surface area contributed by atoms with Crippen LogP contribution in [0.3, 0.4) is 0 Å². The van der Waals surface area contributed by atoms with Crippen LogP contribution >= 0.6 is 11.3 Å². The molecule has 2 aromatic rings. The fourth-order valence-corrected chi connectivity index (χ4v) is 1.67. The zero-order chi connectivity index (χ0) is 11.5. The van der Waals surface area contributed by atoms with Gasteiger partial charge in [0.05, 0.1) is 5.56 Å². The molecule has 0 aliphatic heterocycles. The molecule has 0 radical (unpaired) electrons. The molecule has 0 fully saturated rings. The number of anilines is 1. The monoisotopic (exact) mass is 235 g/mol. The highest BCUT2D eigenvalue weighted by Crippen LogP contribution is 2.22. The highest BCUT2D eigenvalue weighted by atomic mass is 32.1. The van der Waals surface area contributed by atoms with Crippen LogP contribution in [0.1, 0.15) is 15.9 Å². The minimum atomic E-state index is -0.391. The van der Waals surface area contributed by atoms with Crippen LogP contribution in [0.5, 0.6) is 5.75 Å². The largest absolute Gasteiger partial charge is 0.507 e. The Morgan fingerprint density at radius 3 is 3.00 bits per heavy atom. The Labute approximate surface area is 95.8 Å². The lowest BCUT2D eigenvalue weighted by molar-refractivity contribution is 0.102. The third kappa shape index (κ3) is 2.01. The number of rotatable bonds is 2. The molecule has 0 bridgehead atoms. The summed E-state index contributed by atoms with van der Waals surface area (Å²) in [7, 11) is 0. The van der Waals surface area contributed by atoms with Crippen molar-refractivity contribution in [3.63, 3.8) is 0 Å². The number of nitrogens with zero attached hydrogens (tertiary/aromatic N) is 2. The first-order chi connectivity index (χ1) is 7.68. The SMILES string of the molecule is Cc1cccc(C(=O)Nc2nncs2)c1O. The fourth-order valence-electron chi connectivity index (χ4n) is 1.23. The van der Waals surface area contributed by atoms with Crippen molar-refractivity contribution in [3.8, 4) is 5.75 Å². The molecule has 1 aromatic heterocycles. The van der Waals surface area contributed by atoms with Crippen LogP contribution in [-0.2, 0) is 0 Å². The summed E-state index contributed by atoms with van der Waals surface area (Å²) in [5.41, 5.74) is 2.41. The number of para-hydroxylation sites is 1. The van der Waals surface area contributed by atoms with Gasteiger partial charge in [-0.3, -0.25) is 10.1 Å². The molecular weight excluding hydrogens is 226 g/mol. The van der Waals surface area contributed by atoms with Gasteiger partial charge in [0.2, 0.25) is 5.13 Å². The number of hydrogen-bond acceptors (Lipinski definition) is 5. The zero-order valence-corrected chi connectivity index (χ0v) is 9.28. The third-order valence-electron chi connectivity index (χ3n) is 2.06. The summed E-state index contributed by atoms with van der Waals surface area (Å²) in [6.45, 7) is 1.73. The molecule has 0 saturated carbocycles. The van der Waals surface area contributed by atoms with Crippen molar-refractivity contribution >= 4 is 22.4 Å². The van der Waals surface area contributed by atoms with Gasteiger partial charge in [-0.05, 0) is 18.6 Å². The van der Waals surface area contributed by atoms with Gasteiger partial charge in [0.1, 0.15) is 11.3 Å². The first-order valence-corrected chi connectivity index (χ1v) is 5.42. The van der Waals surface area contributed by atoms with Crippen molar-refractivity contribution in [2.75, 3.05) is 5.32 Å². The Hall–Kier alpha value is -1.95. The van der Waals surface area contributed by atoms with Gasteiger partial charge in [-0.15, -0.1) is 10.2 Å². The number of aryl methyl sites for hydroxylation is 1. The molecular formula is C10H9N3O2S. The number of aromatic nitrogens is 2. The third-order valence-corrected chi connectivity index (χ3v) is 2.67. The minimum absolute atomic E-state index is 0.00971. The number of aromatic hydroxyl groups is 1. The number of benzene rings is 1. The maximum atomic E-state index is 11.8. The topological polar surface area (TPSA) is 75.1 Å². The van der Waals surface area contributed by atoms with E-state index in [1.807, 2.05) is 0 Å². The number of carbonyl (C=O) groups excluding carboxylic acids is 1. The Morgan fingerprint density at radius 2 is 2.31 bits per heavy atom. The first-order valence-electron chi connectivity index (χ1n) is 4.54. The smallest absolute Gasteiger partial charge is 0.261 e. The summed E-state index contributed by atoms with van der Waals surface area (Å²) < 4.78 is 0. The van der Waals surface area contributed by atoms with Crippen LogP contribution < -0.4 is 5.32 Å². The maximum absolute atomic E-state index is 11.8. The van der Waals surface area contributed by atoms with E-state index < -0.39 is 5.91 Å². The van der Waals surface area contributed by atoms with E-state index in [0.717, 1.165) is 0 Å². The van der Waals surface area contributed by atoms with Crippen LogP contribution in [0.4, 0.5) is 5.13 Å². The minimum Gasteiger partial charge on any atom is -0.507 e. The molecule has 1 heterocycles. The van der Waals surface area contributed by atoms with E-state index in [0.29, 0.717) is 10.7 Å². The van der Waals surface area contributed by atoms with E-state index in [4.69, 9.17) is 0 Å². The average Bonchev–Trinajstić information content (AvgIpc) is 2.74. The second kappa shape index (κ2) is 4.28. The second-order valence-electron chi connectivity index (χ2n) is 3.17. The van der Waals surface area contributed by atoms with Crippen molar-refractivity contribution in [3.05, 3.63) is 34.8 Å². The lowest BCUT2D eigenvalue weighted by atomic mass is 10.1. The maximum Gasteiger partial charge on any atom is 0.261 e. The van der Waals surface area contributed by atoms with Gasteiger partial charge in [0.15, 0.2) is 0 Å². The zero-order valence-electron chi connectivity index (χ0n) is 8.47. The number of phenolic OH excluding ortho intramolecular Hbond substituents is 1. The van der Waals surface area contributed by atoms with Gasteiger partial charge >= 0.3 is 0 Å². The Morgan fingerprint density at radius 1 is 1.50 bits per heavy atom. The van der Waals surface area contributed by atoms with Gasteiger partial charge in [-0.2, -0.15) is 0 Å². The molecule has 2 N–H and O–H groups in total. The van der Waals surface area contributed by atoms with Crippen LogP contribution in [-0.4, -0.2) is 21.2 Å². The Balaban J connectivity index is 2.24. The lowest BCUT2D eigenvalue weighted by Gasteiger charge is -2.05. The van der Waals surface area contributed by atoms with Crippen molar-refractivity contribution < 1.29 is 9.90 Å². The van der Waals surface area contributed by atoms with E-state index in [-0.39, 0.29) is 11.3 Å². The summed E-state index contributed by atoms with van der Waals surface area (Å²) in [5.74, 6) is -0.400. The number of amides is 1. The van der Waals surface area contributed by atoms with E-state index in [1.165, 1.54) is 16.8 Å². The molecule has 0 atom stereocenters. The van der Waals surface area contributed by atoms with E-state index in [1.54, 1.807) is 25.1 Å². The number of nitrogens with one attached hydrogen (secondary N) is 1. The van der Waals surface area contributed by atoms with Crippen molar-refractivity contribution in [2.45, 2.75) is 6.92 Å². The van der Waals surface area contributed by atoms with Gasteiger partial charge in [-0.1, -0.05) is 23.5 Å². The summed E-state index contributed by atoms with van der Waals surface area (Å²) in [5, 5.41) is 20.0. The van der Waals surface area contributed by atoms with Crippen LogP contribution in [0, 0.1) is 6.92 Å². The van der Waals surface area contributed by atoms with Gasteiger partial charge in [-0.25, -0.2) is 0 Å². The van der Waals surface area contributed by atoms with Crippen LogP contribution in [0.25, 0.3) is 0 Å².